The zero-order valence-corrected chi connectivity index (χ0v) is 10.3. The Balaban J connectivity index is 2.81. The summed E-state index contributed by atoms with van der Waals surface area (Å²) >= 11 is 7.32. The van der Waals surface area contributed by atoms with Crippen LogP contribution < -0.4 is 11.1 Å². The molecule has 1 aromatic rings. The highest BCUT2D eigenvalue weighted by molar-refractivity contribution is 7.98. The van der Waals surface area contributed by atoms with Gasteiger partial charge in [-0.05, 0) is 19.2 Å². The van der Waals surface area contributed by atoms with Crippen molar-refractivity contribution in [2.45, 2.75) is 13.0 Å². The smallest absolute Gasteiger partial charge is 0.143 e. The van der Waals surface area contributed by atoms with Crippen LogP contribution in [0.25, 0.3) is 0 Å². The second kappa shape index (κ2) is 5.47. The second-order valence-corrected chi connectivity index (χ2v) is 4.67. The van der Waals surface area contributed by atoms with Gasteiger partial charge in [-0.25, -0.2) is 4.39 Å². The topological polar surface area (TPSA) is 38.0 Å². The maximum atomic E-state index is 13.2. The lowest BCUT2D eigenvalue weighted by molar-refractivity contribution is 0.628. The Kier molecular flexibility index (Phi) is 4.54. The molecule has 0 bridgehead atoms. The van der Waals surface area contributed by atoms with Crippen molar-refractivity contribution in [3.8, 4) is 0 Å². The average Bonchev–Trinajstić information content (AvgIpc) is 2.14. The molecule has 1 aromatic carbocycles. The van der Waals surface area contributed by atoms with Crippen molar-refractivity contribution in [1.82, 2.24) is 0 Å². The van der Waals surface area contributed by atoms with Gasteiger partial charge in [-0.15, -0.1) is 0 Å². The predicted molar refractivity (Wildman–Crippen MR) is 67.3 cm³/mol. The van der Waals surface area contributed by atoms with Gasteiger partial charge in [0.05, 0.1) is 16.4 Å². The van der Waals surface area contributed by atoms with Crippen molar-refractivity contribution < 1.29 is 4.39 Å². The first-order valence-electron chi connectivity index (χ1n) is 4.54. The normalized spacial score (nSPS) is 12.5. The Morgan fingerprint density at radius 1 is 1.60 bits per heavy atom. The predicted octanol–water partition coefficient (Wildman–Crippen LogP) is 3.22. The molecule has 0 radical (unpaired) electrons. The molecule has 0 amide bonds. The van der Waals surface area contributed by atoms with Gasteiger partial charge in [0.2, 0.25) is 0 Å². The third-order valence-corrected chi connectivity index (χ3v) is 3.03. The van der Waals surface area contributed by atoms with E-state index in [1.807, 2.05) is 13.2 Å². The molecule has 0 saturated carbocycles. The van der Waals surface area contributed by atoms with Gasteiger partial charge >= 0.3 is 0 Å². The number of thioether (sulfide) groups is 1. The van der Waals surface area contributed by atoms with Crippen LogP contribution in [-0.4, -0.2) is 18.1 Å². The maximum absolute atomic E-state index is 13.2. The van der Waals surface area contributed by atoms with E-state index in [0.717, 1.165) is 5.75 Å². The van der Waals surface area contributed by atoms with E-state index < -0.39 is 5.82 Å². The minimum atomic E-state index is -0.454. The largest absolute Gasteiger partial charge is 0.397 e. The first kappa shape index (κ1) is 12.5. The van der Waals surface area contributed by atoms with E-state index in [9.17, 15) is 4.39 Å². The van der Waals surface area contributed by atoms with Crippen LogP contribution >= 0.6 is 23.4 Å². The molecule has 0 saturated heterocycles. The molecule has 0 fully saturated rings. The molecule has 0 aromatic heterocycles. The van der Waals surface area contributed by atoms with Crippen molar-refractivity contribution in [3.05, 3.63) is 23.0 Å². The number of nitrogen functional groups attached to an aromatic ring is 1. The van der Waals surface area contributed by atoms with Crippen LogP contribution in [-0.2, 0) is 0 Å². The highest BCUT2D eigenvalue weighted by Gasteiger charge is 2.08. The molecule has 1 rings (SSSR count). The van der Waals surface area contributed by atoms with Gasteiger partial charge in [0.15, 0.2) is 0 Å². The van der Waals surface area contributed by atoms with Crippen LogP contribution in [0, 0.1) is 5.82 Å². The average molecular weight is 249 g/mol. The SMILES string of the molecule is CSCC(C)Nc1cc(F)c(Cl)cc1N. The number of nitrogens with one attached hydrogen (secondary N) is 1. The first-order chi connectivity index (χ1) is 7.04. The summed E-state index contributed by atoms with van der Waals surface area (Å²) < 4.78 is 13.2. The molecule has 1 unspecified atom stereocenters. The summed E-state index contributed by atoms with van der Waals surface area (Å²) in [6.45, 7) is 2.02. The molecule has 0 aliphatic rings. The summed E-state index contributed by atoms with van der Waals surface area (Å²) in [4.78, 5) is 0. The zero-order chi connectivity index (χ0) is 11.4. The van der Waals surface area contributed by atoms with Crippen molar-refractivity contribution >= 4 is 34.7 Å². The number of hydrogen-bond donors (Lipinski definition) is 2. The molecule has 3 N–H and O–H groups in total. The number of hydrogen-bond acceptors (Lipinski definition) is 3. The van der Waals surface area contributed by atoms with Crippen molar-refractivity contribution in [3.63, 3.8) is 0 Å². The quantitative estimate of drug-likeness (QED) is 0.804. The molecular formula is C10H14ClFN2S. The number of halogens is 2. The van der Waals surface area contributed by atoms with E-state index in [1.54, 1.807) is 11.8 Å². The van der Waals surface area contributed by atoms with Crippen LogP contribution in [0.1, 0.15) is 6.92 Å². The monoisotopic (exact) mass is 248 g/mol. The summed E-state index contributed by atoms with van der Waals surface area (Å²) in [5.74, 6) is 0.480. The minimum Gasteiger partial charge on any atom is -0.397 e. The van der Waals surface area contributed by atoms with Crippen LogP contribution in [0.2, 0.25) is 5.02 Å². The summed E-state index contributed by atoms with van der Waals surface area (Å²) in [6.07, 6.45) is 2.02. The first-order valence-corrected chi connectivity index (χ1v) is 6.31. The number of anilines is 2. The summed E-state index contributed by atoms with van der Waals surface area (Å²) in [6, 6.07) is 2.99. The van der Waals surface area contributed by atoms with Crippen molar-refractivity contribution in [2.24, 2.45) is 0 Å². The Morgan fingerprint density at radius 2 is 2.27 bits per heavy atom. The van der Waals surface area contributed by atoms with Gasteiger partial charge < -0.3 is 11.1 Å². The number of nitrogens with two attached hydrogens (primary N) is 1. The maximum Gasteiger partial charge on any atom is 0.143 e. The second-order valence-electron chi connectivity index (χ2n) is 3.35. The van der Waals surface area contributed by atoms with Crippen molar-refractivity contribution in [1.29, 1.82) is 0 Å². The van der Waals surface area contributed by atoms with E-state index >= 15 is 0 Å². The Labute approximate surface area is 98.4 Å². The fraction of sp³-hybridized carbons (Fsp3) is 0.400. The van der Waals surface area contributed by atoms with Gasteiger partial charge in [-0.1, -0.05) is 11.6 Å². The molecule has 5 heteroatoms. The van der Waals surface area contributed by atoms with E-state index in [-0.39, 0.29) is 11.1 Å². The van der Waals surface area contributed by atoms with Gasteiger partial charge in [0.25, 0.3) is 0 Å². The van der Waals surface area contributed by atoms with Gasteiger partial charge in [0.1, 0.15) is 5.82 Å². The molecular weight excluding hydrogens is 235 g/mol. The lowest BCUT2D eigenvalue weighted by Gasteiger charge is -2.16. The highest BCUT2D eigenvalue weighted by atomic mass is 35.5. The Bertz CT molecular complexity index is 346. The Hall–Kier alpha value is -0.610. The van der Waals surface area contributed by atoms with Crippen LogP contribution in [0.5, 0.6) is 0 Å². The van der Waals surface area contributed by atoms with E-state index in [0.29, 0.717) is 11.4 Å². The van der Waals surface area contributed by atoms with Gasteiger partial charge in [-0.2, -0.15) is 11.8 Å². The zero-order valence-electron chi connectivity index (χ0n) is 8.68. The fourth-order valence-electron chi connectivity index (χ4n) is 1.24. The minimum absolute atomic E-state index is 0.0515. The third-order valence-electron chi connectivity index (χ3n) is 1.91. The lowest BCUT2D eigenvalue weighted by Crippen LogP contribution is -2.18. The summed E-state index contributed by atoms with van der Waals surface area (Å²) in [5, 5.41) is 3.19. The fourth-order valence-corrected chi connectivity index (χ4v) is 2.00. The van der Waals surface area contributed by atoms with Crippen LogP contribution in [0.15, 0.2) is 12.1 Å². The molecule has 84 valence electrons. The molecule has 0 heterocycles. The van der Waals surface area contributed by atoms with Crippen LogP contribution in [0.3, 0.4) is 0 Å². The van der Waals surface area contributed by atoms with Crippen molar-refractivity contribution in [2.75, 3.05) is 23.1 Å². The number of rotatable bonds is 4. The molecule has 0 spiro atoms. The van der Waals surface area contributed by atoms with Gasteiger partial charge in [-0.3, -0.25) is 0 Å². The highest BCUT2D eigenvalue weighted by Crippen LogP contribution is 2.26. The van der Waals surface area contributed by atoms with E-state index in [2.05, 4.69) is 5.32 Å². The summed E-state index contributed by atoms with van der Waals surface area (Å²) in [7, 11) is 0. The van der Waals surface area contributed by atoms with E-state index in [1.165, 1.54) is 12.1 Å². The number of benzene rings is 1. The standard InChI is InChI=1S/C10H14ClFN2S/c1-6(5-15-2)14-10-4-8(12)7(11)3-9(10)13/h3-4,6,14H,5,13H2,1-2H3. The molecule has 1 atom stereocenters. The molecule has 0 aliphatic heterocycles. The molecule has 0 aliphatic carbocycles. The lowest BCUT2D eigenvalue weighted by atomic mass is 10.2. The third kappa shape index (κ3) is 3.47. The summed E-state index contributed by atoms with van der Waals surface area (Å²) in [5.41, 5.74) is 6.78. The van der Waals surface area contributed by atoms with E-state index in [4.69, 9.17) is 17.3 Å². The molecule has 15 heavy (non-hydrogen) atoms. The van der Waals surface area contributed by atoms with Crippen LogP contribution in [0.4, 0.5) is 15.8 Å². The Morgan fingerprint density at radius 3 is 2.87 bits per heavy atom. The molecule has 2 nitrogen and oxygen atoms in total. The van der Waals surface area contributed by atoms with Gasteiger partial charge in [0, 0.05) is 17.9 Å².